The molecule has 4 heteroatoms. The summed E-state index contributed by atoms with van der Waals surface area (Å²) in [5.41, 5.74) is 0.588. The molecule has 1 saturated carbocycles. The molecule has 1 amide bonds. The van der Waals surface area contributed by atoms with Crippen molar-refractivity contribution >= 4 is 5.91 Å². The van der Waals surface area contributed by atoms with Crippen molar-refractivity contribution in [3.05, 3.63) is 35.3 Å². The van der Waals surface area contributed by atoms with Crippen LogP contribution in [0.1, 0.15) is 42.5 Å². The van der Waals surface area contributed by atoms with E-state index in [1.807, 2.05) is 11.9 Å². The van der Waals surface area contributed by atoms with Crippen LogP contribution in [0.25, 0.3) is 0 Å². The summed E-state index contributed by atoms with van der Waals surface area (Å²) in [4.78, 5) is 14.0. The minimum atomic E-state index is 0.0116. The highest BCUT2D eigenvalue weighted by molar-refractivity contribution is 5.94. The molecule has 0 bridgehead atoms. The van der Waals surface area contributed by atoms with Crippen molar-refractivity contribution in [2.24, 2.45) is 0 Å². The van der Waals surface area contributed by atoms with Crippen LogP contribution in [-0.2, 0) is 0 Å². The molecule has 0 aromatic carbocycles. The Morgan fingerprint density at radius 3 is 2.47 bits per heavy atom. The van der Waals surface area contributed by atoms with Crippen LogP contribution in [-0.4, -0.2) is 23.9 Å². The van der Waals surface area contributed by atoms with Gasteiger partial charge >= 0.3 is 0 Å². The van der Waals surface area contributed by atoms with Crippen LogP contribution >= 0.6 is 0 Å². The molecule has 1 aromatic rings. The standard InChI is InChI=1S/C13H18N2O2/c1-14(12-5-3-2-4-6-12)13(16)11-7-9-15(17)10-8-11/h7-10,12H,2-6H2,1H3. The maximum absolute atomic E-state index is 12.2. The summed E-state index contributed by atoms with van der Waals surface area (Å²) in [5.74, 6) is 0.0116. The minimum absolute atomic E-state index is 0.0116. The summed E-state index contributed by atoms with van der Waals surface area (Å²) in [7, 11) is 1.86. The Hall–Kier alpha value is -1.58. The lowest BCUT2D eigenvalue weighted by molar-refractivity contribution is -0.605. The van der Waals surface area contributed by atoms with Crippen molar-refractivity contribution in [3.63, 3.8) is 0 Å². The first kappa shape index (κ1) is 11.9. The first-order valence-corrected chi connectivity index (χ1v) is 6.14. The molecule has 1 aliphatic rings. The maximum Gasteiger partial charge on any atom is 0.254 e. The smallest absolute Gasteiger partial charge is 0.254 e. The molecule has 92 valence electrons. The van der Waals surface area contributed by atoms with Crippen molar-refractivity contribution in [2.45, 2.75) is 38.1 Å². The van der Waals surface area contributed by atoms with Crippen molar-refractivity contribution in [3.8, 4) is 0 Å². The van der Waals surface area contributed by atoms with E-state index in [1.54, 1.807) is 12.1 Å². The number of carbonyl (C=O) groups is 1. The van der Waals surface area contributed by atoms with Gasteiger partial charge in [-0.25, -0.2) is 0 Å². The summed E-state index contributed by atoms with van der Waals surface area (Å²) < 4.78 is 0.692. The summed E-state index contributed by atoms with van der Waals surface area (Å²) in [6.45, 7) is 0. The second-order valence-electron chi connectivity index (χ2n) is 4.65. The van der Waals surface area contributed by atoms with E-state index in [9.17, 15) is 10.0 Å². The van der Waals surface area contributed by atoms with Gasteiger partial charge in [0, 0.05) is 25.2 Å². The van der Waals surface area contributed by atoms with E-state index in [1.165, 1.54) is 31.7 Å². The highest BCUT2D eigenvalue weighted by atomic mass is 16.5. The van der Waals surface area contributed by atoms with Crippen LogP contribution in [0.4, 0.5) is 0 Å². The first-order valence-electron chi connectivity index (χ1n) is 6.14. The molecular weight excluding hydrogens is 216 g/mol. The van der Waals surface area contributed by atoms with E-state index in [0.29, 0.717) is 16.3 Å². The van der Waals surface area contributed by atoms with Gasteiger partial charge in [0.1, 0.15) is 0 Å². The number of rotatable bonds is 2. The lowest BCUT2D eigenvalue weighted by Gasteiger charge is -2.31. The molecule has 2 rings (SSSR count). The Labute approximate surface area is 101 Å². The zero-order valence-electron chi connectivity index (χ0n) is 10.1. The van der Waals surface area contributed by atoms with E-state index >= 15 is 0 Å². The van der Waals surface area contributed by atoms with E-state index in [-0.39, 0.29) is 5.91 Å². The Balaban J connectivity index is 2.05. The van der Waals surface area contributed by atoms with Crippen LogP contribution in [0.3, 0.4) is 0 Å². The van der Waals surface area contributed by atoms with Crippen molar-refractivity contribution < 1.29 is 9.52 Å². The van der Waals surface area contributed by atoms with Crippen LogP contribution in [0.5, 0.6) is 0 Å². The van der Waals surface area contributed by atoms with E-state index in [4.69, 9.17) is 0 Å². The fourth-order valence-corrected chi connectivity index (χ4v) is 2.39. The Morgan fingerprint density at radius 1 is 1.29 bits per heavy atom. The van der Waals surface area contributed by atoms with Crippen LogP contribution in [0.15, 0.2) is 24.5 Å². The molecule has 0 unspecified atom stereocenters. The Kier molecular flexibility index (Phi) is 3.61. The first-order chi connectivity index (χ1) is 8.18. The fraction of sp³-hybridized carbons (Fsp3) is 0.538. The topological polar surface area (TPSA) is 47.2 Å². The van der Waals surface area contributed by atoms with Gasteiger partial charge < -0.3 is 10.1 Å². The molecule has 1 aliphatic carbocycles. The number of hydrogen-bond acceptors (Lipinski definition) is 2. The average Bonchev–Trinajstić information content (AvgIpc) is 2.39. The van der Waals surface area contributed by atoms with Gasteiger partial charge in [-0.2, -0.15) is 4.73 Å². The number of carbonyl (C=O) groups excluding carboxylic acids is 1. The van der Waals surface area contributed by atoms with Gasteiger partial charge in [-0.05, 0) is 12.8 Å². The molecule has 0 aliphatic heterocycles. The summed E-state index contributed by atoms with van der Waals surface area (Å²) >= 11 is 0. The molecule has 0 atom stereocenters. The largest absolute Gasteiger partial charge is 0.619 e. The van der Waals surface area contributed by atoms with Gasteiger partial charge in [-0.15, -0.1) is 0 Å². The summed E-state index contributed by atoms with van der Waals surface area (Å²) in [5, 5.41) is 10.9. The molecule has 1 heterocycles. The molecule has 0 saturated heterocycles. The van der Waals surface area contributed by atoms with Gasteiger partial charge in [-0.3, -0.25) is 4.79 Å². The third kappa shape index (κ3) is 2.75. The molecule has 1 fully saturated rings. The van der Waals surface area contributed by atoms with Crippen LogP contribution in [0.2, 0.25) is 0 Å². The summed E-state index contributed by atoms with van der Waals surface area (Å²) in [6, 6.07) is 3.51. The highest BCUT2D eigenvalue weighted by Gasteiger charge is 2.23. The predicted octanol–water partition coefficient (Wildman–Crippen LogP) is 1.72. The molecular formula is C13H18N2O2. The Bertz CT molecular complexity index is 383. The monoisotopic (exact) mass is 234 g/mol. The number of nitrogens with zero attached hydrogens (tertiary/aromatic N) is 2. The number of aromatic nitrogens is 1. The molecule has 1 aromatic heterocycles. The highest BCUT2D eigenvalue weighted by Crippen LogP contribution is 2.22. The average molecular weight is 234 g/mol. The van der Waals surface area contributed by atoms with E-state index in [0.717, 1.165) is 12.8 Å². The predicted molar refractivity (Wildman–Crippen MR) is 64.4 cm³/mol. The van der Waals surface area contributed by atoms with Crippen molar-refractivity contribution in [2.75, 3.05) is 7.05 Å². The van der Waals surface area contributed by atoms with Crippen LogP contribution < -0.4 is 4.73 Å². The molecule has 4 nitrogen and oxygen atoms in total. The van der Waals surface area contributed by atoms with E-state index < -0.39 is 0 Å². The minimum Gasteiger partial charge on any atom is -0.619 e. The molecule has 0 N–H and O–H groups in total. The van der Waals surface area contributed by atoms with Crippen LogP contribution in [0, 0.1) is 5.21 Å². The SMILES string of the molecule is CN(C(=O)c1cc[n+]([O-])cc1)C1CCCCC1. The van der Waals surface area contributed by atoms with Gasteiger partial charge in [0.15, 0.2) is 12.4 Å². The van der Waals surface area contributed by atoms with Gasteiger partial charge in [0.05, 0.1) is 5.56 Å². The molecule has 0 spiro atoms. The molecule has 17 heavy (non-hydrogen) atoms. The zero-order chi connectivity index (χ0) is 12.3. The lowest BCUT2D eigenvalue weighted by atomic mass is 9.94. The zero-order valence-corrected chi connectivity index (χ0v) is 10.1. The Morgan fingerprint density at radius 2 is 1.88 bits per heavy atom. The summed E-state index contributed by atoms with van der Waals surface area (Å²) in [6.07, 6.45) is 8.60. The fourth-order valence-electron chi connectivity index (χ4n) is 2.39. The maximum atomic E-state index is 12.2. The van der Waals surface area contributed by atoms with E-state index in [2.05, 4.69) is 0 Å². The second kappa shape index (κ2) is 5.17. The van der Waals surface area contributed by atoms with Gasteiger partial charge in [0.2, 0.25) is 0 Å². The van der Waals surface area contributed by atoms with Gasteiger partial charge in [0.25, 0.3) is 5.91 Å². The van der Waals surface area contributed by atoms with Gasteiger partial charge in [-0.1, -0.05) is 19.3 Å². The number of pyridine rings is 1. The third-order valence-electron chi connectivity index (χ3n) is 3.49. The van der Waals surface area contributed by atoms with Crippen molar-refractivity contribution in [1.82, 2.24) is 4.90 Å². The third-order valence-corrected chi connectivity index (χ3v) is 3.49. The normalized spacial score (nSPS) is 16.8. The van der Waals surface area contributed by atoms with Crippen molar-refractivity contribution in [1.29, 1.82) is 0 Å². The molecule has 0 radical (unpaired) electrons. The lowest BCUT2D eigenvalue weighted by Crippen LogP contribution is -2.38. The second-order valence-corrected chi connectivity index (χ2v) is 4.65. The number of hydrogen-bond donors (Lipinski definition) is 0. The number of amides is 1. The quantitative estimate of drug-likeness (QED) is 0.578.